The molecule has 3 unspecified atom stereocenters. The predicted molar refractivity (Wildman–Crippen MR) is 80.5 cm³/mol. The second-order valence-corrected chi connectivity index (χ2v) is 6.02. The molecule has 0 aromatic heterocycles. The standard InChI is InChI=1S/C16H24ClNO/c1-3-15-9-4-12(2)18(15)11-10-16(19)13-5-7-14(17)8-6-13/h5-8,12,15-16,19H,3-4,9-11H2,1-2H3. The van der Waals surface area contributed by atoms with Gasteiger partial charge < -0.3 is 5.11 Å². The normalized spacial score (nSPS) is 25.7. The van der Waals surface area contributed by atoms with Gasteiger partial charge in [0.2, 0.25) is 0 Å². The highest BCUT2D eigenvalue weighted by Gasteiger charge is 2.29. The number of aliphatic hydroxyl groups is 1. The molecule has 1 aliphatic heterocycles. The molecular formula is C16H24ClNO. The zero-order valence-corrected chi connectivity index (χ0v) is 12.6. The Hall–Kier alpha value is -0.570. The zero-order valence-electron chi connectivity index (χ0n) is 11.8. The summed E-state index contributed by atoms with van der Waals surface area (Å²) in [7, 11) is 0. The summed E-state index contributed by atoms with van der Waals surface area (Å²) in [5, 5.41) is 11.0. The van der Waals surface area contributed by atoms with Crippen molar-refractivity contribution in [2.45, 2.75) is 57.7 Å². The number of nitrogens with zero attached hydrogens (tertiary/aromatic N) is 1. The number of rotatable bonds is 5. The van der Waals surface area contributed by atoms with Crippen LogP contribution in [-0.2, 0) is 0 Å². The number of benzene rings is 1. The van der Waals surface area contributed by atoms with Gasteiger partial charge in [-0.1, -0.05) is 30.7 Å². The lowest BCUT2D eigenvalue weighted by Gasteiger charge is -2.28. The molecule has 0 spiro atoms. The second-order valence-electron chi connectivity index (χ2n) is 5.58. The molecule has 1 saturated heterocycles. The minimum Gasteiger partial charge on any atom is -0.388 e. The summed E-state index contributed by atoms with van der Waals surface area (Å²) in [6.07, 6.45) is 4.20. The molecule has 1 N–H and O–H groups in total. The van der Waals surface area contributed by atoms with Gasteiger partial charge in [-0.3, -0.25) is 4.90 Å². The molecule has 2 rings (SSSR count). The van der Waals surface area contributed by atoms with Crippen molar-refractivity contribution in [3.8, 4) is 0 Å². The Balaban J connectivity index is 1.89. The van der Waals surface area contributed by atoms with Crippen molar-refractivity contribution in [1.29, 1.82) is 0 Å². The molecule has 2 nitrogen and oxygen atoms in total. The van der Waals surface area contributed by atoms with Crippen molar-refractivity contribution in [3.63, 3.8) is 0 Å². The lowest BCUT2D eigenvalue weighted by Crippen LogP contribution is -2.35. The quantitative estimate of drug-likeness (QED) is 0.881. The van der Waals surface area contributed by atoms with E-state index in [1.807, 2.05) is 24.3 Å². The fraction of sp³-hybridized carbons (Fsp3) is 0.625. The molecule has 0 aliphatic carbocycles. The molecule has 106 valence electrons. The largest absolute Gasteiger partial charge is 0.388 e. The second kappa shape index (κ2) is 6.74. The third kappa shape index (κ3) is 3.71. The summed E-state index contributed by atoms with van der Waals surface area (Å²) in [4.78, 5) is 2.55. The van der Waals surface area contributed by atoms with Crippen molar-refractivity contribution < 1.29 is 5.11 Å². The molecule has 1 aromatic rings. The van der Waals surface area contributed by atoms with Gasteiger partial charge in [-0.2, -0.15) is 0 Å². The molecule has 1 aliphatic rings. The van der Waals surface area contributed by atoms with E-state index >= 15 is 0 Å². The van der Waals surface area contributed by atoms with E-state index in [1.165, 1.54) is 19.3 Å². The maximum atomic E-state index is 10.2. The van der Waals surface area contributed by atoms with Gasteiger partial charge in [-0.05, 0) is 50.3 Å². The third-order valence-corrected chi connectivity index (χ3v) is 4.59. The number of likely N-dealkylation sites (tertiary alicyclic amines) is 1. The summed E-state index contributed by atoms with van der Waals surface area (Å²) in [6.45, 7) is 5.53. The fourth-order valence-electron chi connectivity index (χ4n) is 3.09. The van der Waals surface area contributed by atoms with Gasteiger partial charge in [-0.15, -0.1) is 0 Å². The Kier molecular flexibility index (Phi) is 5.26. The van der Waals surface area contributed by atoms with Crippen molar-refractivity contribution in [2.75, 3.05) is 6.54 Å². The van der Waals surface area contributed by atoms with E-state index in [0.29, 0.717) is 12.1 Å². The smallest absolute Gasteiger partial charge is 0.0802 e. The molecule has 3 atom stereocenters. The number of hydrogen-bond acceptors (Lipinski definition) is 2. The van der Waals surface area contributed by atoms with Crippen LogP contribution in [0.5, 0.6) is 0 Å². The van der Waals surface area contributed by atoms with Gasteiger partial charge in [0.25, 0.3) is 0 Å². The molecule has 19 heavy (non-hydrogen) atoms. The van der Waals surface area contributed by atoms with E-state index in [2.05, 4.69) is 18.7 Å². The number of aliphatic hydroxyl groups excluding tert-OH is 1. The molecule has 1 heterocycles. The van der Waals surface area contributed by atoms with Crippen LogP contribution >= 0.6 is 11.6 Å². The van der Waals surface area contributed by atoms with Crippen LogP contribution in [0.1, 0.15) is 51.2 Å². The Labute approximate surface area is 121 Å². The number of hydrogen-bond donors (Lipinski definition) is 1. The summed E-state index contributed by atoms with van der Waals surface area (Å²) in [5.41, 5.74) is 0.962. The average Bonchev–Trinajstić information content (AvgIpc) is 2.77. The van der Waals surface area contributed by atoms with Crippen LogP contribution in [0.2, 0.25) is 5.02 Å². The lowest BCUT2D eigenvalue weighted by molar-refractivity contribution is 0.123. The fourth-order valence-corrected chi connectivity index (χ4v) is 3.22. The zero-order chi connectivity index (χ0) is 13.8. The first kappa shape index (κ1) is 14.8. The molecule has 1 fully saturated rings. The summed E-state index contributed by atoms with van der Waals surface area (Å²) in [5.74, 6) is 0. The Morgan fingerprint density at radius 3 is 2.63 bits per heavy atom. The molecule has 0 saturated carbocycles. The summed E-state index contributed by atoms with van der Waals surface area (Å²) in [6, 6.07) is 8.87. The maximum Gasteiger partial charge on any atom is 0.0802 e. The third-order valence-electron chi connectivity index (χ3n) is 4.34. The lowest BCUT2D eigenvalue weighted by atomic mass is 10.1. The van der Waals surface area contributed by atoms with Crippen LogP contribution in [0.3, 0.4) is 0 Å². The first-order valence-electron chi connectivity index (χ1n) is 7.31. The van der Waals surface area contributed by atoms with E-state index in [1.54, 1.807) is 0 Å². The Bertz CT molecular complexity index is 392. The maximum absolute atomic E-state index is 10.2. The molecular weight excluding hydrogens is 258 g/mol. The van der Waals surface area contributed by atoms with Gasteiger partial charge in [0, 0.05) is 23.7 Å². The highest BCUT2D eigenvalue weighted by Crippen LogP contribution is 2.28. The first-order valence-corrected chi connectivity index (χ1v) is 7.69. The highest BCUT2D eigenvalue weighted by atomic mass is 35.5. The molecule has 0 amide bonds. The summed E-state index contributed by atoms with van der Waals surface area (Å²) < 4.78 is 0. The molecule has 1 aromatic carbocycles. The van der Waals surface area contributed by atoms with Crippen molar-refractivity contribution in [2.24, 2.45) is 0 Å². The average molecular weight is 282 g/mol. The van der Waals surface area contributed by atoms with Gasteiger partial charge in [0.05, 0.1) is 6.10 Å². The van der Waals surface area contributed by atoms with Crippen molar-refractivity contribution in [1.82, 2.24) is 4.90 Å². The minimum atomic E-state index is -0.387. The van der Waals surface area contributed by atoms with Crippen LogP contribution in [0.25, 0.3) is 0 Å². The van der Waals surface area contributed by atoms with Gasteiger partial charge in [0.15, 0.2) is 0 Å². The van der Waals surface area contributed by atoms with E-state index in [4.69, 9.17) is 11.6 Å². The van der Waals surface area contributed by atoms with Crippen molar-refractivity contribution in [3.05, 3.63) is 34.9 Å². The van der Waals surface area contributed by atoms with E-state index in [-0.39, 0.29) is 6.10 Å². The van der Waals surface area contributed by atoms with E-state index in [0.717, 1.165) is 23.6 Å². The molecule has 3 heteroatoms. The van der Waals surface area contributed by atoms with Crippen molar-refractivity contribution >= 4 is 11.6 Å². The topological polar surface area (TPSA) is 23.5 Å². The number of halogens is 1. The van der Waals surface area contributed by atoms with Crippen LogP contribution in [-0.4, -0.2) is 28.6 Å². The van der Waals surface area contributed by atoms with Crippen LogP contribution in [0, 0.1) is 0 Å². The summed E-state index contributed by atoms with van der Waals surface area (Å²) >= 11 is 5.86. The SMILES string of the molecule is CCC1CCC(C)N1CCC(O)c1ccc(Cl)cc1. The minimum absolute atomic E-state index is 0.387. The van der Waals surface area contributed by atoms with Gasteiger partial charge in [-0.25, -0.2) is 0 Å². The monoisotopic (exact) mass is 281 g/mol. The predicted octanol–water partition coefficient (Wildman–Crippen LogP) is 4.03. The molecule has 0 bridgehead atoms. The van der Waals surface area contributed by atoms with Crippen LogP contribution in [0.15, 0.2) is 24.3 Å². The van der Waals surface area contributed by atoms with Gasteiger partial charge >= 0.3 is 0 Å². The molecule has 0 radical (unpaired) electrons. The van der Waals surface area contributed by atoms with E-state index < -0.39 is 0 Å². The van der Waals surface area contributed by atoms with Gasteiger partial charge in [0.1, 0.15) is 0 Å². The van der Waals surface area contributed by atoms with E-state index in [9.17, 15) is 5.11 Å². The van der Waals surface area contributed by atoms with Crippen LogP contribution < -0.4 is 0 Å². The Morgan fingerprint density at radius 2 is 2.00 bits per heavy atom. The highest BCUT2D eigenvalue weighted by molar-refractivity contribution is 6.30. The van der Waals surface area contributed by atoms with Crippen LogP contribution in [0.4, 0.5) is 0 Å². The first-order chi connectivity index (χ1) is 9.11. The Morgan fingerprint density at radius 1 is 1.32 bits per heavy atom.